The Kier molecular flexibility index (Phi) is 6.59. The van der Waals surface area contributed by atoms with Crippen molar-refractivity contribution in [1.82, 2.24) is 4.31 Å². The van der Waals surface area contributed by atoms with Gasteiger partial charge in [0.25, 0.3) is 0 Å². The second kappa shape index (κ2) is 9.54. The van der Waals surface area contributed by atoms with Gasteiger partial charge in [0.05, 0.1) is 4.90 Å². The third kappa shape index (κ3) is 5.09. The summed E-state index contributed by atoms with van der Waals surface area (Å²) in [5.41, 5.74) is 3.28. The van der Waals surface area contributed by atoms with Crippen LogP contribution in [0.25, 0.3) is 0 Å². The maximum absolute atomic E-state index is 13.5. The van der Waals surface area contributed by atoms with E-state index in [4.69, 9.17) is 0 Å². The van der Waals surface area contributed by atoms with Gasteiger partial charge in [-0.05, 0) is 43.3 Å². The molecule has 1 fully saturated rings. The quantitative estimate of drug-likeness (QED) is 0.621. The van der Waals surface area contributed by atoms with Gasteiger partial charge >= 0.3 is 0 Å². The Morgan fingerprint density at radius 2 is 1.00 bits per heavy atom. The molecule has 3 aromatic carbocycles. The van der Waals surface area contributed by atoms with Crippen molar-refractivity contribution in [1.29, 1.82) is 0 Å². The lowest BCUT2D eigenvalue weighted by atomic mass is 10.2. The van der Waals surface area contributed by atoms with Crippen molar-refractivity contribution < 1.29 is 8.42 Å². The zero-order chi connectivity index (χ0) is 21.7. The Morgan fingerprint density at radius 1 is 0.581 bits per heavy atom. The van der Waals surface area contributed by atoms with E-state index >= 15 is 0 Å². The van der Waals surface area contributed by atoms with E-state index in [1.54, 1.807) is 16.4 Å². The molecular formula is C25H29N3O2S. The first-order chi connectivity index (χ1) is 15.0. The minimum Gasteiger partial charge on any atom is -0.368 e. The fraction of sp³-hybridized carbons (Fsp3) is 0.280. The molecule has 0 saturated carbocycles. The molecule has 5 nitrogen and oxygen atoms in total. The molecule has 162 valence electrons. The van der Waals surface area contributed by atoms with Crippen molar-refractivity contribution in [2.24, 2.45) is 0 Å². The summed E-state index contributed by atoms with van der Waals surface area (Å²) in [6, 6.07) is 27.6. The van der Waals surface area contributed by atoms with Crippen molar-refractivity contribution in [2.75, 3.05) is 49.1 Å². The summed E-state index contributed by atoms with van der Waals surface area (Å²) in [6.07, 6.45) is 0. The van der Waals surface area contributed by atoms with Crippen LogP contribution in [-0.4, -0.2) is 52.0 Å². The van der Waals surface area contributed by atoms with Crippen LogP contribution in [0.15, 0.2) is 89.8 Å². The van der Waals surface area contributed by atoms with Gasteiger partial charge in [-0.3, -0.25) is 0 Å². The van der Waals surface area contributed by atoms with E-state index in [1.165, 1.54) is 0 Å². The van der Waals surface area contributed by atoms with Gasteiger partial charge in [-0.1, -0.05) is 54.1 Å². The lowest BCUT2D eigenvalue weighted by Gasteiger charge is -2.28. The minimum absolute atomic E-state index is 0.356. The van der Waals surface area contributed by atoms with Crippen LogP contribution in [0.3, 0.4) is 0 Å². The number of hydrogen-bond donors (Lipinski definition) is 0. The van der Waals surface area contributed by atoms with Gasteiger partial charge in [0, 0.05) is 50.6 Å². The molecule has 31 heavy (non-hydrogen) atoms. The van der Waals surface area contributed by atoms with E-state index in [-0.39, 0.29) is 0 Å². The van der Waals surface area contributed by atoms with Crippen LogP contribution in [0.2, 0.25) is 0 Å². The monoisotopic (exact) mass is 435 g/mol. The summed E-state index contributed by atoms with van der Waals surface area (Å²) < 4.78 is 28.5. The van der Waals surface area contributed by atoms with E-state index in [0.717, 1.165) is 30.0 Å². The molecule has 3 aromatic rings. The molecule has 0 radical (unpaired) electrons. The zero-order valence-electron chi connectivity index (χ0n) is 17.9. The standard InChI is InChI=1S/C25H29N3O2S/c1-22-12-14-25(15-13-22)31(29,30)28-20-18-26(23-8-4-2-5-9-23)16-17-27(19-21-28)24-10-6-3-7-11-24/h2-15H,16-21H2,1H3. The van der Waals surface area contributed by atoms with Crippen molar-refractivity contribution in [3.05, 3.63) is 90.5 Å². The highest BCUT2D eigenvalue weighted by molar-refractivity contribution is 7.89. The van der Waals surface area contributed by atoms with Gasteiger partial charge in [0.15, 0.2) is 0 Å². The van der Waals surface area contributed by atoms with Crippen LogP contribution in [0.1, 0.15) is 5.56 Å². The molecule has 1 heterocycles. The summed E-state index contributed by atoms with van der Waals surface area (Å²) in [6.45, 7) is 5.83. The molecule has 0 atom stereocenters. The summed E-state index contributed by atoms with van der Waals surface area (Å²) in [4.78, 5) is 4.91. The van der Waals surface area contributed by atoms with E-state index in [1.807, 2.05) is 55.5 Å². The van der Waals surface area contributed by atoms with Crippen molar-refractivity contribution >= 4 is 21.4 Å². The van der Waals surface area contributed by atoms with Crippen LogP contribution in [0, 0.1) is 6.92 Å². The van der Waals surface area contributed by atoms with Crippen LogP contribution in [-0.2, 0) is 10.0 Å². The lowest BCUT2D eigenvalue weighted by molar-refractivity contribution is 0.424. The first kappa shape index (κ1) is 21.4. The van der Waals surface area contributed by atoms with Crippen LogP contribution < -0.4 is 9.80 Å². The zero-order valence-corrected chi connectivity index (χ0v) is 18.7. The number of benzene rings is 3. The van der Waals surface area contributed by atoms with Gasteiger partial charge < -0.3 is 9.80 Å². The normalized spacial score (nSPS) is 16.4. The Balaban J connectivity index is 1.64. The molecule has 1 saturated heterocycles. The first-order valence-corrected chi connectivity index (χ1v) is 12.1. The van der Waals surface area contributed by atoms with Gasteiger partial charge in [-0.2, -0.15) is 4.31 Å². The number of hydrogen-bond acceptors (Lipinski definition) is 4. The number of para-hydroxylation sites is 2. The molecule has 0 unspecified atom stereocenters. The average molecular weight is 436 g/mol. The molecule has 1 aliphatic rings. The van der Waals surface area contributed by atoms with Gasteiger partial charge in [-0.15, -0.1) is 0 Å². The lowest BCUT2D eigenvalue weighted by Crippen LogP contribution is -2.40. The molecule has 1 aliphatic heterocycles. The van der Waals surface area contributed by atoms with Gasteiger partial charge in [-0.25, -0.2) is 8.42 Å². The molecule has 0 aromatic heterocycles. The molecule has 0 spiro atoms. The second-order valence-corrected chi connectivity index (χ2v) is 9.80. The Morgan fingerprint density at radius 3 is 1.45 bits per heavy atom. The highest BCUT2D eigenvalue weighted by Crippen LogP contribution is 2.21. The maximum Gasteiger partial charge on any atom is 0.243 e. The fourth-order valence-electron chi connectivity index (χ4n) is 3.94. The van der Waals surface area contributed by atoms with Crippen molar-refractivity contribution in [3.8, 4) is 0 Å². The largest absolute Gasteiger partial charge is 0.368 e. The van der Waals surface area contributed by atoms with Gasteiger partial charge in [0.1, 0.15) is 0 Å². The predicted octanol–water partition coefficient (Wildman–Crippen LogP) is 4.01. The Labute approximate surface area is 185 Å². The summed E-state index contributed by atoms with van der Waals surface area (Å²) in [7, 11) is -3.57. The summed E-state index contributed by atoms with van der Waals surface area (Å²) >= 11 is 0. The number of aryl methyl sites for hydroxylation is 1. The molecule has 0 amide bonds. The van der Waals surface area contributed by atoms with Crippen molar-refractivity contribution in [3.63, 3.8) is 0 Å². The maximum atomic E-state index is 13.5. The molecule has 0 bridgehead atoms. The first-order valence-electron chi connectivity index (χ1n) is 10.7. The van der Waals surface area contributed by atoms with E-state index in [9.17, 15) is 8.42 Å². The smallest absolute Gasteiger partial charge is 0.243 e. The highest BCUT2D eigenvalue weighted by atomic mass is 32.2. The third-order valence-electron chi connectivity index (χ3n) is 5.78. The SMILES string of the molecule is Cc1ccc(S(=O)(=O)N2CCN(c3ccccc3)CCN(c3ccccc3)CC2)cc1. The molecular weight excluding hydrogens is 406 g/mol. The number of anilines is 2. The third-order valence-corrected chi connectivity index (χ3v) is 7.69. The van der Waals surface area contributed by atoms with Crippen LogP contribution in [0.5, 0.6) is 0 Å². The van der Waals surface area contributed by atoms with Crippen LogP contribution >= 0.6 is 0 Å². The molecule has 0 aliphatic carbocycles. The van der Waals surface area contributed by atoms with Crippen LogP contribution in [0.4, 0.5) is 11.4 Å². The predicted molar refractivity (Wildman–Crippen MR) is 127 cm³/mol. The number of rotatable bonds is 4. The van der Waals surface area contributed by atoms with E-state index < -0.39 is 10.0 Å². The molecule has 6 heteroatoms. The summed E-state index contributed by atoms with van der Waals surface area (Å²) in [5.74, 6) is 0. The fourth-order valence-corrected chi connectivity index (χ4v) is 5.36. The Bertz CT molecular complexity index is 1020. The Hall–Kier alpha value is -2.83. The molecule has 4 rings (SSSR count). The molecule has 0 N–H and O–H groups in total. The topological polar surface area (TPSA) is 43.9 Å². The number of nitrogens with zero attached hydrogens (tertiary/aromatic N) is 3. The van der Waals surface area contributed by atoms with Gasteiger partial charge in [0.2, 0.25) is 10.0 Å². The number of sulfonamides is 1. The summed E-state index contributed by atoms with van der Waals surface area (Å²) in [5, 5.41) is 0. The average Bonchev–Trinajstić information content (AvgIpc) is 2.91. The van der Waals surface area contributed by atoms with E-state index in [2.05, 4.69) is 34.1 Å². The van der Waals surface area contributed by atoms with E-state index in [0.29, 0.717) is 31.1 Å². The minimum atomic E-state index is -3.57. The van der Waals surface area contributed by atoms with Crippen molar-refractivity contribution in [2.45, 2.75) is 11.8 Å². The second-order valence-electron chi connectivity index (χ2n) is 7.86. The highest BCUT2D eigenvalue weighted by Gasteiger charge is 2.27.